The van der Waals surface area contributed by atoms with Gasteiger partial charge in [-0.15, -0.1) is 11.3 Å². The maximum absolute atomic E-state index is 12.5. The van der Waals surface area contributed by atoms with E-state index in [2.05, 4.69) is 4.98 Å². The molecule has 1 aromatic carbocycles. The topological polar surface area (TPSA) is 64.8 Å². The first-order valence-corrected chi connectivity index (χ1v) is 9.18. The molecule has 3 aromatic rings. The maximum Gasteiger partial charge on any atom is 0.228 e. The minimum atomic E-state index is -0.187. The summed E-state index contributed by atoms with van der Waals surface area (Å²) in [5, 5.41) is 2.67. The molecule has 134 valence electrons. The first-order valence-electron chi connectivity index (χ1n) is 8.30. The predicted octanol–water partition coefficient (Wildman–Crippen LogP) is 3.24. The number of thiazole rings is 1. The van der Waals surface area contributed by atoms with Crippen molar-refractivity contribution in [2.75, 3.05) is 20.2 Å². The van der Waals surface area contributed by atoms with Crippen LogP contribution in [0, 0.1) is 0 Å². The number of amides is 1. The average molecular weight is 370 g/mol. The number of fused-ring (bicyclic) bond motifs is 1. The lowest BCUT2D eigenvalue weighted by atomic mass is 10.2. The second kappa shape index (κ2) is 7.21. The van der Waals surface area contributed by atoms with Crippen molar-refractivity contribution in [2.45, 2.75) is 12.5 Å². The maximum atomic E-state index is 12.5. The average Bonchev–Trinajstić information content (AvgIpc) is 3.33. The lowest BCUT2D eigenvalue weighted by molar-refractivity contribution is -0.130. The number of para-hydroxylation sites is 2. The molecule has 1 aliphatic rings. The summed E-state index contributed by atoms with van der Waals surface area (Å²) in [4.78, 5) is 18.6. The van der Waals surface area contributed by atoms with Crippen LogP contribution in [-0.2, 0) is 11.2 Å². The van der Waals surface area contributed by atoms with Crippen LogP contribution in [0.2, 0.25) is 0 Å². The second-order valence-electron chi connectivity index (χ2n) is 6.07. The highest BCUT2D eigenvalue weighted by atomic mass is 32.1. The molecule has 1 atom stereocenters. The van der Waals surface area contributed by atoms with Crippen LogP contribution in [0.15, 0.2) is 52.5 Å². The number of ether oxygens (including phenoxy) is 2. The van der Waals surface area contributed by atoms with Crippen LogP contribution in [0.4, 0.5) is 0 Å². The van der Waals surface area contributed by atoms with Crippen LogP contribution >= 0.6 is 11.3 Å². The van der Waals surface area contributed by atoms with Crippen LogP contribution in [0.25, 0.3) is 10.8 Å². The molecule has 1 aliphatic heterocycles. The zero-order valence-corrected chi connectivity index (χ0v) is 15.1. The summed E-state index contributed by atoms with van der Waals surface area (Å²) in [5.74, 6) is 2.16. The van der Waals surface area contributed by atoms with Gasteiger partial charge in [-0.2, -0.15) is 0 Å². The summed E-state index contributed by atoms with van der Waals surface area (Å²) in [6.07, 6.45) is 1.67. The number of rotatable bonds is 5. The molecule has 0 bridgehead atoms. The molecule has 2 aromatic heterocycles. The Kier molecular flexibility index (Phi) is 4.62. The monoisotopic (exact) mass is 370 g/mol. The number of aromatic nitrogens is 1. The summed E-state index contributed by atoms with van der Waals surface area (Å²) in [5.41, 5.74) is 0.740. The van der Waals surface area contributed by atoms with Gasteiger partial charge in [-0.25, -0.2) is 4.98 Å². The van der Waals surface area contributed by atoms with E-state index in [1.54, 1.807) is 18.2 Å². The van der Waals surface area contributed by atoms with Gasteiger partial charge in [0.2, 0.25) is 5.91 Å². The van der Waals surface area contributed by atoms with E-state index in [0.29, 0.717) is 24.7 Å². The van der Waals surface area contributed by atoms with Crippen LogP contribution in [0.5, 0.6) is 11.5 Å². The molecule has 0 spiro atoms. The van der Waals surface area contributed by atoms with Gasteiger partial charge < -0.3 is 18.8 Å². The Morgan fingerprint density at radius 3 is 2.92 bits per heavy atom. The number of carbonyl (C=O) groups is 1. The number of hydrogen-bond acceptors (Lipinski definition) is 6. The van der Waals surface area contributed by atoms with Crippen LogP contribution < -0.4 is 9.47 Å². The molecule has 6 nitrogen and oxygen atoms in total. The van der Waals surface area contributed by atoms with Crippen molar-refractivity contribution in [2.24, 2.45) is 0 Å². The van der Waals surface area contributed by atoms with Gasteiger partial charge in [-0.05, 0) is 24.3 Å². The van der Waals surface area contributed by atoms with E-state index in [0.717, 1.165) is 16.5 Å². The Morgan fingerprint density at radius 1 is 1.27 bits per heavy atom. The van der Waals surface area contributed by atoms with Crippen molar-refractivity contribution in [3.63, 3.8) is 0 Å². The van der Waals surface area contributed by atoms with Crippen molar-refractivity contribution in [3.8, 4) is 22.3 Å². The Labute approximate surface area is 155 Å². The Bertz CT molecular complexity index is 891. The third kappa shape index (κ3) is 3.57. The molecule has 0 saturated heterocycles. The van der Waals surface area contributed by atoms with E-state index >= 15 is 0 Å². The smallest absolute Gasteiger partial charge is 0.228 e. The number of hydrogen-bond donors (Lipinski definition) is 0. The van der Waals surface area contributed by atoms with Crippen LogP contribution in [0.1, 0.15) is 5.69 Å². The van der Waals surface area contributed by atoms with Gasteiger partial charge in [0, 0.05) is 12.4 Å². The lowest BCUT2D eigenvalue weighted by Gasteiger charge is -2.29. The van der Waals surface area contributed by atoms with Gasteiger partial charge in [0.05, 0.1) is 24.9 Å². The van der Waals surface area contributed by atoms with Crippen molar-refractivity contribution in [1.82, 2.24) is 9.88 Å². The third-order valence-corrected chi connectivity index (χ3v) is 4.99. The molecule has 7 heteroatoms. The standard InChI is InChI=1S/C19H18N2O4S/c1-21(10-14-11-24-15-5-2-3-6-16(15)25-14)18(22)9-13-12-26-19(20-13)17-7-4-8-23-17/h2-8,12,14H,9-11H2,1H3. The molecule has 0 fully saturated rings. The number of carbonyl (C=O) groups excluding carboxylic acids is 1. The molecular formula is C19H18N2O4S. The summed E-state index contributed by atoms with van der Waals surface area (Å²) >= 11 is 1.47. The predicted molar refractivity (Wildman–Crippen MR) is 97.5 cm³/mol. The molecule has 3 heterocycles. The number of benzene rings is 1. The fourth-order valence-corrected chi connectivity index (χ4v) is 3.54. The molecule has 0 N–H and O–H groups in total. The number of likely N-dealkylation sites (N-methyl/N-ethyl adjacent to an activating group) is 1. The molecule has 0 saturated carbocycles. The fraction of sp³-hybridized carbons (Fsp3) is 0.263. The van der Waals surface area contributed by atoms with E-state index in [-0.39, 0.29) is 18.4 Å². The number of nitrogens with zero attached hydrogens (tertiary/aromatic N) is 2. The summed E-state index contributed by atoms with van der Waals surface area (Å²) < 4.78 is 16.9. The van der Waals surface area contributed by atoms with Gasteiger partial charge in [0.1, 0.15) is 6.61 Å². The van der Waals surface area contributed by atoms with E-state index in [1.807, 2.05) is 41.8 Å². The zero-order valence-electron chi connectivity index (χ0n) is 14.3. The SMILES string of the molecule is CN(CC1COc2ccccc2O1)C(=O)Cc1csc(-c2ccco2)n1. The van der Waals surface area contributed by atoms with Gasteiger partial charge >= 0.3 is 0 Å². The normalized spacial score (nSPS) is 15.7. The van der Waals surface area contributed by atoms with Gasteiger partial charge in [0.25, 0.3) is 0 Å². The molecule has 4 rings (SSSR count). The molecule has 1 unspecified atom stereocenters. The van der Waals surface area contributed by atoms with Crippen molar-refractivity contribution < 1.29 is 18.7 Å². The summed E-state index contributed by atoms with van der Waals surface area (Å²) in [6.45, 7) is 0.885. The first kappa shape index (κ1) is 16.7. The highest BCUT2D eigenvalue weighted by Gasteiger charge is 2.24. The largest absolute Gasteiger partial charge is 0.486 e. The highest BCUT2D eigenvalue weighted by Crippen LogP contribution is 2.31. The Morgan fingerprint density at radius 2 is 2.12 bits per heavy atom. The van der Waals surface area contributed by atoms with Crippen LogP contribution in [0.3, 0.4) is 0 Å². The van der Waals surface area contributed by atoms with Gasteiger partial charge in [-0.1, -0.05) is 12.1 Å². The molecule has 1 amide bonds. The molecule has 0 aliphatic carbocycles. The first-order chi connectivity index (χ1) is 12.7. The third-order valence-electron chi connectivity index (χ3n) is 4.09. The Balaban J connectivity index is 1.34. The van der Waals surface area contributed by atoms with Crippen molar-refractivity contribution in [3.05, 3.63) is 53.7 Å². The molecular weight excluding hydrogens is 352 g/mol. The quantitative estimate of drug-likeness (QED) is 0.690. The number of furan rings is 1. The fourth-order valence-electron chi connectivity index (χ4n) is 2.75. The minimum Gasteiger partial charge on any atom is -0.486 e. The lowest BCUT2D eigenvalue weighted by Crippen LogP contribution is -2.42. The van der Waals surface area contributed by atoms with Gasteiger partial charge in [0.15, 0.2) is 28.4 Å². The minimum absolute atomic E-state index is 0.0104. The van der Waals surface area contributed by atoms with E-state index in [1.165, 1.54) is 11.3 Å². The highest BCUT2D eigenvalue weighted by molar-refractivity contribution is 7.13. The van der Waals surface area contributed by atoms with Crippen LogP contribution in [-0.4, -0.2) is 42.1 Å². The summed E-state index contributed by atoms with van der Waals surface area (Å²) in [6, 6.07) is 11.2. The molecule has 0 radical (unpaired) electrons. The molecule has 26 heavy (non-hydrogen) atoms. The van der Waals surface area contributed by atoms with E-state index in [9.17, 15) is 4.79 Å². The van der Waals surface area contributed by atoms with Gasteiger partial charge in [-0.3, -0.25) is 4.79 Å². The summed E-state index contributed by atoms with van der Waals surface area (Å²) in [7, 11) is 1.77. The van der Waals surface area contributed by atoms with E-state index < -0.39 is 0 Å². The van der Waals surface area contributed by atoms with E-state index in [4.69, 9.17) is 13.9 Å². The second-order valence-corrected chi connectivity index (χ2v) is 6.93. The zero-order chi connectivity index (χ0) is 17.9. The Hall–Kier alpha value is -2.80. The van der Waals surface area contributed by atoms with Crippen molar-refractivity contribution in [1.29, 1.82) is 0 Å². The van der Waals surface area contributed by atoms with Crippen molar-refractivity contribution >= 4 is 17.2 Å².